The zero-order chi connectivity index (χ0) is 9.41. The van der Waals surface area contributed by atoms with Crippen molar-refractivity contribution in [2.45, 2.75) is 19.5 Å². The van der Waals surface area contributed by atoms with Crippen LogP contribution in [0.15, 0.2) is 0 Å². The van der Waals surface area contributed by atoms with E-state index in [0.29, 0.717) is 0 Å². The molecule has 0 aromatic heterocycles. The molecule has 0 bridgehead atoms. The minimum atomic E-state index is -4.72. The number of hydrogen-bond donors (Lipinski definition) is 0. The fraction of sp³-hybridized carbons (Fsp3) is 0.857. The molecule has 1 saturated heterocycles. The molecule has 1 rings (SSSR count). The van der Waals surface area contributed by atoms with Gasteiger partial charge in [-0.15, -0.1) is 0 Å². The summed E-state index contributed by atoms with van der Waals surface area (Å²) in [6, 6.07) is 0. The van der Waals surface area contributed by atoms with Gasteiger partial charge in [-0.25, -0.2) is 0 Å². The summed E-state index contributed by atoms with van der Waals surface area (Å²) in [4.78, 5) is 10.8. The summed E-state index contributed by atoms with van der Waals surface area (Å²) in [6.07, 6.45) is -4.54. The van der Waals surface area contributed by atoms with E-state index in [2.05, 4.69) is 4.74 Å². The van der Waals surface area contributed by atoms with Crippen LogP contribution in [0.4, 0.5) is 13.2 Å². The Kier molecular flexibility index (Phi) is 2.16. The van der Waals surface area contributed by atoms with Crippen LogP contribution in [0.25, 0.3) is 0 Å². The predicted octanol–water partition coefficient (Wildman–Crippen LogP) is 1.54. The summed E-state index contributed by atoms with van der Waals surface area (Å²) in [5.41, 5.74) is -1.28. The number of alkyl halides is 3. The normalized spacial score (nSPS) is 21.7. The first-order valence-electron chi connectivity index (χ1n) is 3.62. The lowest BCUT2D eigenvalue weighted by molar-refractivity contribution is -0.206. The summed E-state index contributed by atoms with van der Waals surface area (Å²) in [6.45, 7) is 1.37. The highest BCUT2D eigenvalue weighted by Gasteiger charge is 2.55. The molecule has 5 heteroatoms. The molecule has 0 unspecified atom stereocenters. The van der Waals surface area contributed by atoms with E-state index in [1.807, 2.05) is 0 Å². The van der Waals surface area contributed by atoms with E-state index in [1.54, 1.807) is 6.92 Å². The molecule has 2 nitrogen and oxygen atoms in total. The van der Waals surface area contributed by atoms with Crippen molar-refractivity contribution in [3.63, 3.8) is 0 Å². The van der Waals surface area contributed by atoms with Crippen molar-refractivity contribution in [1.29, 1.82) is 0 Å². The first-order chi connectivity index (χ1) is 5.42. The average Bonchev–Trinajstić information content (AvgIpc) is 1.84. The zero-order valence-corrected chi connectivity index (χ0v) is 6.57. The Bertz CT molecular complexity index is 188. The number of rotatable bonds is 2. The molecule has 1 aliphatic heterocycles. The zero-order valence-electron chi connectivity index (χ0n) is 6.57. The van der Waals surface area contributed by atoms with Crippen LogP contribution in [0.2, 0.25) is 0 Å². The van der Waals surface area contributed by atoms with Gasteiger partial charge in [-0.3, -0.25) is 4.79 Å². The maximum Gasteiger partial charge on any atom is 0.450 e. The van der Waals surface area contributed by atoms with Crippen LogP contribution in [0, 0.1) is 5.41 Å². The van der Waals surface area contributed by atoms with Gasteiger partial charge in [0.05, 0.1) is 18.6 Å². The second-order valence-electron chi connectivity index (χ2n) is 2.95. The average molecular weight is 182 g/mol. The summed E-state index contributed by atoms with van der Waals surface area (Å²) in [5, 5.41) is 0. The standard InChI is InChI=1S/C7H9F3O2/c1-2-6(3-12-4-6)5(11)7(8,9)10/h2-4H2,1H3. The molecule has 70 valence electrons. The lowest BCUT2D eigenvalue weighted by Gasteiger charge is -2.39. The lowest BCUT2D eigenvalue weighted by Crippen LogP contribution is -2.53. The van der Waals surface area contributed by atoms with Crippen LogP contribution in [-0.2, 0) is 9.53 Å². The minimum absolute atomic E-state index is 0.0954. The second-order valence-corrected chi connectivity index (χ2v) is 2.95. The third-order valence-corrected chi connectivity index (χ3v) is 2.17. The Morgan fingerprint density at radius 2 is 2.00 bits per heavy atom. The van der Waals surface area contributed by atoms with Gasteiger partial charge in [-0.2, -0.15) is 13.2 Å². The van der Waals surface area contributed by atoms with Gasteiger partial charge < -0.3 is 4.74 Å². The van der Waals surface area contributed by atoms with E-state index in [1.165, 1.54) is 0 Å². The first-order valence-corrected chi connectivity index (χ1v) is 3.62. The highest BCUT2D eigenvalue weighted by atomic mass is 19.4. The molecule has 0 aliphatic carbocycles. The Balaban J connectivity index is 2.74. The molecule has 0 radical (unpaired) electrons. The van der Waals surface area contributed by atoms with Gasteiger partial charge >= 0.3 is 6.18 Å². The Morgan fingerprint density at radius 1 is 1.50 bits per heavy atom. The van der Waals surface area contributed by atoms with E-state index in [9.17, 15) is 18.0 Å². The monoisotopic (exact) mass is 182 g/mol. The van der Waals surface area contributed by atoms with E-state index in [0.717, 1.165) is 0 Å². The maximum atomic E-state index is 11.9. The molecule has 0 amide bonds. The molecule has 1 aliphatic rings. The minimum Gasteiger partial charge on any atom is -0.379 e. The fourth-order valence-electron chi connectivity index (χ4n) is 1.14. The first kappa shape index (κ1) is 9.51. The summed E-state index contributed by atoms with van der Waals surface area (Å²) >= 11 is 0. The van der Waals surface area contributed by atoms with Gasteiger partial charge in [-0.1, -0.05) is 6.92 Å². The van der Waals surface area contributed by atoms with E-state index >= 15 is 0 Å². The largest absolute Gasteiger partial charge is 0.450 e. The van der Waals surface area contributed by atoms with Gasteiger partial charge in [0, 0.05) is 0 Å². The molecule has 1 fully saturated rings. The number of halogens is 3. The quantitative estimate of drug-likeness (QED) is 0.647. The van der Waals surface area contributed by atoms with Crippen LogP contribution < -0.4 is 0 Å². The van der Waals surface area contributed by atoms with Crippen molar-refractivity contribution in [1.82, 2.24) is 0 Å². The van der Waals surface area contributed by atoms with Gasteiger partial charge in [0.1, 0.15) is 0 Å². The van der Waals surface area contributed by atoms with Crippen LogP contribution in [0.1, 0.15) is 13.3 Å². The number of Topliss-reactive ketones (excluding diaryl/α,β-unsaturated/α-hetero) is 1. The van der Waals surface area contributed by atoms with Crippen molar-refractivity contribution >= 4 is 5.78 Å². The molecular formula is C7H9F3O2. The molecular weight excluding hydrogens is 173 g/mol. The van der Waals surface area contributed by atoms with E-state index in [4.69, 9.17) is 0 Å². The molecule has 0 aromatic rings. The van der Waals surface area contributed by atoms with Crippen molar-refractivity contribution in [3.05, 3.63) is 0 Å². The van der Waals surface area contributed by atoms with Crippen molar-refractivity contribution in [3.8, 4) is 0 Å². The molecule has 1 heterocycles. The molecule has 12 heavy (non-hydrogen) atoms. The molecule has 0 N–H and O–H groups in total. The van der Waals surface area contributed by atoms with Gasteiger partial charge in [0.2, 0.25) is 5.78 Å². The Labute approximate surface area is 67.7 Å². The Morgan fingerprint density at radius 3 is 2.08 bits per heavy atom. The van der Waals surface area contributed by atoms with Gasteiger partial charge in [-0.05, 0) is 6.42 Å². The third kappa shape index (κ3) is 1.33. The van der Waals surface area contributed by atoms with Gasteiger partial charge in [0.25, 0.3) is 0 Å². The highest BCUT2D eigenvalue weighted by Crippen LogP contribution is 2.38. The third-order valence-electron chi connectivity index (χ3n) is 2.17. The topological polar surface area (TPSA) is 26.3 Å². The van der Waals surface area contributed by atoms with Crippen molar-refractivity contribution in [2.24, 2.45) is 5.41 Å². The molecule has 0 spiro atoms. The van der Waals surface area contributed by atoms with Crippen LogP contribution in [0.3, 0.4) is 0 Å². The Hall–Kier alpha value is -0.580. The second kappa shape index (κ2) is 2.73. The molecule has 0 atom stereocenters. The molecule has 0 saturated carbocycles. The van der Waals surface area contributed by atoms with Gasteiger partial charge in [0.15, 0.2) is 0 Å². The maximum absolute atomic E-state index is 11.9. The predicted molar refractivity (Wildman–Crippen MR) is 34.6 cm³/mol. The fourth-order valence-corrected chi connectivity index (χ4v) is 1.14. The SMILES string of the molecule is CCC1(C(=O)C(F)(F)F)COC1. The van der Waals surface area contributed by atoms with Crippen molar-refractivity contribution < 1.29 is 22.7 Å². The number of ether oxygens (including phenoxy) is 1. The number of ketones is 1. The lowest BCUT2D eigenvalue weighted by atomic mass is 9.78. The number of hydrogen-bond acceptors (Lipinski definition) is 2. The molecule has 0 aromatic carbocycles. The van der Waals surface area contributed by atoms with Crippen LogP contribution >= 0.6 is 0 Å². The van der Waals surface area contributed by atoms with E-state index in [-0.39, 0.29) is 19.6 Å². The summed E-state index contributed by atoms with van der Waals surface area (Å²) < 4.78 is 40.5. The summed E-state index contributed by atoms with van der Waals surface area (Å²) in [5.74, 6) is -1.65. The number of carbonyl (C=O) groups is 1. The smallest absolute Gasteiger partial charge is 0.379 e. The van der Waals surface area contributed by atoms with Crippen LogP contribution in [0.5, 0.6) is 0 Å². The summed E-state index contributed by atoms with van der Waals surface area (Å²) in [7, 11) is 0. The van der Waals surface area contributed by atoms with E-state index < -0.39 is 17.4 Å². The van der Waals surface area contributed by atoms with Crippen LogP contribution in [-0.4, -0.2) is 25.2 Å². The van der Waals surface area contributed by atoms with Crippen molar-refractivity contribution in [2.75, 3.05) is 13.2 Å². The highest BCUT2D eigenvalue weighted by molar-refractivity contribution is 5.90. The number of carbonyl (C=O) groups excluding carboxylic acids is 1.